The van der Waals surface area contributed by atoms with E-state index in [1.165, 1.54) is 6.33 Å². The van der Waals surface area contributed by atoms with Crippen LogP contribution in [-0.4, -0.2) is 18.9 Å². The Balaban J connectivity index is 2.01. The van der Waals surface area contributed by atoms with E-state index in [0.717, 1.165) is 5.56 Å². The van der Waals surface area contributed by atoms with Crippen molar-refractivity contribution in [3.05, 3.63) is 48.5 Å². The Hall–Kier alpha value is -1.79. The summed E-state index contributed by atoms with van der Waals surface area (Å²) in [6.07, 6.45) is 4.67. The van der Waals surface area contributed by atoms with E-state index in [1.54, 1.807) is 12.4 Å². The van der Waals surface area contributed by atoms with Crippen LogP contribution in [0, 0.1) is 0 Å². The van der Waals surface area contributed by atoms with Gasteiger partial charge in [0, 0.05) is 6.04 Å². The van der Waals surface area contributed by atoms with Crippen molar-refractivity contribution in [2.24, 2.45) is 0 Å². The summed E-state index contributed by atoms with van der Waals surface area (Å²) < 4.78 is 20.6. The predicted octanol–water partition coefficient (Wildman–Crippen LogP) is 3.38. The van der Waals surface area contributed by atoms with Crippen molar-refractivity contribution in [3.63, 3.8) is 0 Å². The van der Waals surface area contributed by atoms with Gasteiger partial charge in [-0.2, -0.15) is 0 Å². The van der Waals surface area contributed by atoms with Crippen LogP contribution < -0.4 is 9.46 Å². The molecule has 6 heteroatoms. The maximum absolute atomic E-state index is 12.1. The van der Waals surface area contributed by atoms with Crippen molar-refractivity contribution in [1.29, 1.82) is 0 Å². The quantitative estimate of drug-likeness (QED) is 0.917. The average Bonchev–Trinajstić information content (AvgIpc) is 2.48. The van der Waals surface area contributed by atoms with Crippen molar-refractivity contribution in [1.82, 2.24) is 14.7 Å². The minimum atomic E-state index is -1.10. The summed E-state index contributed by atoms with van der Waals surface area (Å²) in [7, 11) is -1.10. The Bertz CT molecular complexity index is 624. The lowest BCUT2D eigenvalue weighted by atomic mass is 10.1. The maximum atomic E-state index is 12.1. The summed E-state index contributed by atoms with van der Waals surface area (Å²) in [4.78, 5) is 7.80. The fourth-order valence-electron chi connectivity index (χ4n) is 1.70. The minimum Gasteiger partial charge on any atom is -0.454 e. The molecular formula is C16H21N3O2S. The zero-order valence-electron chi connectivity index (χ0n) is 13.2. The highest BCUT2D eigenvalue weighted by Gasteiger charge is 2.21. The van der Waals surface area contributed by atoms with Crippen molar-refractivity contribution in [3.8, 4) is 11.5 Å². The number of ether oxygens (including phenoxy) is 1. The average molecular weight is 319 g/mol. The summed E-state index contributed by atoms with van der Waals surface area (Å²) in [5.41, 5.74) is 1.05. The van der Waals surface area contributed by atoms with Crippen LogP contribution in [0.25, 0.3) is 0 Å². The standard InChI is InChI=1S/C16H21N3O2S/c1-12(19-22(20)16(2,3)4)13-5-7-14(8-6-13)21-15-9-17-11-18-10-15/h5-12,19H,1-4H3/t12-,22?/m0/s1. The minimum absolute atomic E-state index is 0.00540. The predicted molar refractivity (Wildman–Crippen MR) is 88.0 cm³/mol. The third kappa shape index (κ3) is 4.61. The zero-order valence-corrected chi connectivity index (χ0v) is 14.1. The van der Waals surface area contributed by atoms with Gasteiger partial charge in [-0.25, -0.2) is 18.9 Å². The summed E-state index contributed by atoms with van der Waals surface area (Å²) in [6, 6.07) is 7.66. The van der Waals surface area contributed by atoms with Gasteiger partial charge in [-0.1, -0.05) is 12.1 Å². The van der Waals surface area contributed by atoms with E-state index in [1.807, 2.05) is 52.0 Å². The molecule has 2 rings (SSSR count). The van der Waals surface area contributed by atoms with Crippen LogP contribution in [0.2, 0.25) is 0 Å². The van der Waals surface area contributed by atoms with Gasteiger partial charge in [-0.3, -0.25) is 0 Å². The van der Waals surface area contributed by atoms with Crippen LogP contribution in [0.1, 0.15) is 39.3 Å². The van der Waals surface area contributed by atoms with Crippen LogP contribution >= 0.6 is 0 Å². The van der Waals surface area contributed by atoms with Crippen LogP contribution in [0.4, 0.5) is 0 Å². The van der Waals surface area contributed by atoms with Crippen molar-refractivity contribution in [2.45, 2.75) is 38.5 Å². The molecule has 1 unspecified atom stereocenters. The molecule has 0 spiro atoms. The molecule has 0 aliphatic heterocycles. The summed E-state index contributed by atoms with van der Waals surface area (Å²) in [6.45, 7) is 7.83. The molecule has 0 fully saturated rings. The van der Waals surface area contributed by atoms with Crippen LogP contribution in [0.3, 0.4) is 0 Å². The van der Waals surface area contributed by atoms with Gasteiger partial charge in [0.1, 0.15) is 12.1 Å². The fourth-order valence-corrected chi connectivity index (χ4v) is 2.51. The van der Waals surface area contributed by atoms with E-state index in [-0.39, 0.29) is 10.8 Å². The number of benzene rings is 1. The maximum Gasteiger partial charge on any atom is 0.163 e. The van der Waals surface area contributed by atoms with E-state index in [4.69, 9.17) is 4.74 Å². The third-order valence-electron chi connectivity index (χ3n) is 2.99. The number of hydrogen-bond donors (Lipinski definition) is 1. The monoisotopic (exact) mass is 319 g/mol. The van der Waals surface area contributed by atoms with Gasteiger partial charge in [0.15, 0.2) is 5.75 Å². The molecule has 1 aromatic carbocycles. The molecule has 0 aliphatic carbocycles. The molecule has 0 amide bonds. The van der Waals surface area contributed by atoms with E-state index in [0.29, 0.717) is 11.5 Å². The lowest BCUT2D eigenvalue weighted by Crippen LogP contribution is -2.34. The molecule has 0 saturated carbocycles. The second-order valence-electron chi connectivity index (χ2n) is 5.97. The van der Waals surface area contributed by atoms with E-state index < -0.39 is 11.0 Å². The van der Waals surface area contributed by atoms with Gasteiger partial charge in [0.05, 0.1) is 28.1 Å². The van der Waals surface area contributed by atoms with Gasteiger partial charge in [-0.15, -0.1) is 0 Å². The van der Waals surface area contributed by atoms with E-state index in [2.05, 4.69) is 14.7 Å². The number of rotatable bonds is 5. The second kappa shape index (κ2) is 6.98. The molecule has 0 saturated heterocycles. The number of nitrogens with zero attached hydrogens (tertiary/aromatic N) is 2. The van der Waals surface area contributed by atoms with Crippen LogP contribution in [0.15, 0.2) is 43.0 Å². The molecule has 5 nitrogen and oxygen atoms in total. The lowest BCUT2D eigenvalue weighted by molar-refractivity contribution is 0.477. The first-order valence-corrected chi connectivity index (χ1v) is 8.22. The van der Waals surface area contributed by atoms with Crippen LogP contribution in [-0.2, 0) is 11.0 Å². The topological polar surface area (TPSA) is 64.1 Å². The summed E-state index contributed by atoms with van der Waals surface area (Å²) in [5, 5.41) is 0. The van der Waals surface area contributed by atoms with Gasteiger partial charge in [-0.05, 0) is 45.4 Å². The highest BCUT2D eigenvalue weighted by Crippen LogP contribution is 2.23. The largest absolute Gasteiger partial charge is 0.454 e. The first-order chi connectivity index (χ1) is 10.4. The Labute approximate surface area is 133 Å². The molecule has 22 heavy (non-hydrogen) atoms. The Kier molecular flexibility index (Phi) is 5.26. The Morgan fingerprint density at radius 2 is 1.68 bits per heavy atom. The molecule has 1 heterocycles. The Morgan fingerprint density at radius 3 is 2.23 bits per heavy atom. The molecule has 0 radical (unpaired) electrons. The summed E-state index contributed by atoms with van der Waals surface area (Å²) in [5.74, 6) is 1.30. The lowest BCUT2D eigenvalue weighted by Gasteiger charge is -2.22. The number of nitrogens with one attached hydrogen (secondary N) is 1. The first-order valence-electron chi connectivity index (χ1n) is 7.07. The molecular weight excluding hydrogens is 298 g/mol. The van der Waals surface area contributed by atoms with Crippen molar-refractivity contribution < 1.29 is 8.95 Å². The highest BCUT2D eigenvalue weighted by atomic mass is 32.2. The molecule has 2 atom stereocenters. The smallest absolute Gasteiger partial charge is 0.163 e. The van der Waals surface area contributed by atoms with Crippen molar-refractivity contribution >= 4 is 11.0 Å². The number of aromatic nitrogens is 2. The third-order valence-corrected chi connectivity index (χ3v) is 4.67. The normalized spacial score (nSPS) is 14.4. The van der Waals surface area contributed by atoms with Crippen LogP contribution in [0.5, 0.6) is 11.5 Å². The summed E-state index contributed by atoms with van der Waals surface area (Å²) >= 11 is 0. The first kappa shape index (κ1) is 16.6. The van der Waals surface area contributed by atoms with Crippen molar-refractivity contribution in [2.75, 3.05) is 0 Å². The molecule has 0 bridgehead atoms. The van der Waals surface area contributed by atoms with Gasteiger partial charge in [0.25, 0.3) is 0 Å². The second-order valence-corrected chi connectivity index (χ2v) is 7.96. The zero-order chi connectivity index (χ0) is 16.2. The highest BCUT2D eigenvalue weighted by molar-refractivity contribution is 7.84. The van der Waals surface area contributed by atoms with E-state index in [9.17, 15) is 4.21 Å². The number of hydrogen-bond acceptors (Lipinski definition) is 4. The SMILES string of the molecule is C[C@H](NS(=O)C(C)(C)C)c1ccc(Oc2cncnc2)cc1. The fraction of sp³-hybridized carbons (Fsp3) is 0.375. The molecule has 0 aliphatic rings. The Morgan fingerprint density at radius 1 is 1.09 bits per heavy atom. The van der Waals surface area contributed by atoms with E-state index >= 15 is 0 Å². The van der Waals surface area contributed by atoms with Gasteiger partial charge < -0.3 is 4.74 Å². The molecule has 2 aromatic rings. The molecule has 118 valence electrons. The van der Waals surface area contributed by atoms with Gasteiger partial charge >= 0.3 is 0 Å². The molecule has 1 aromatic heterocycles. The van der Waals surface area contributed by atoms with Gasteiger partial charge in [0.2, 0.25) is 0 Å². The molecule has 1 N–H and O–H groups in total.